The standard InChI is InChI=1S/C23H21IN2O4/c1-28-19-10-6-9-18(13-19)23(27)26-25-14-17-11-20(24)22(21(12-17)29-2)30-15-16-7-4-3-5-8-16/h3-14H,15H2,1-2H3,(H,26,27)/b25-14+. The van der Waals surface area contributed by atoms with Gasteiger partial charge in [-0.3, -0.25) is 4.79 Å². The van der Waals surface area contributed by atoms with Gasteiger partial charge in [-0.05, 0) is 64.0 Å². The molecule has 0 aliphatic heterocycles. The van der Waals surface area contributed by atoms with Crippen LogP contribution in [-0.2, 0) is 6.61 Å². The predicted molar refractivity (Wildman–Crippen MR) is 125 cm³/mol. The Labute approximate surface area is 189 Å². The summed E-state index contributed by atoms with van der Waals surface area (Å²) in [5.41, 5.74) is 4.82. The quantitative estimate of drug-likeness (QED) is 0.269. The van der Waals surface area contributed by atoms with Crippen LogP contribution in [0.1, 0.15) is 21.5 Å². The SMILES string of the molecule is COc1cccc(C(=O)N/N=C/c2cc(I)c(OCc3ccccc3)c(OC)c2)c1. The molecule has 0 spiro atoms. The van der Waals surface area contributed by atoms with Gasteiger partial charge in [0, 0.05) is 5.56 Å². The summed E-state index contributed by atoms with van der Waals surface area (Å²) in [7, 11) is 3.14. The van der Waals surface area contributed by atoms with Crippen LogP contribution in [-0.4, -0.2) is 26.3 Å². The van der Waals surface area contributed by atoms with Crippen molar-refractivity contribution >= 4 is 34.7 Å². The van der Waals surface area contributed by atoms with Gasteiger partial charge in [0.05, 0.1) is 24.0 Å². The molecule has 0 heterocycles. The zero-order valence-electron chi connectivity index (χ0n) is 16.6. The van der Waals surface area contributed by atoms with Crippen LogP contribution >= 0.6 is 22.6 Å². The topological polar surface area (TPSA) is 69.2 Å². The average molecular weight is 516 g/mol. The molecule has 7 heteroatoms. The molecule has 0 aliphatic carbocycles. The number of hydrogen-bond acceptors (Lipinski definition) is 5. The summed E-state index contributed by atoms with van der Waals surface area (Å²) in [4.78, 5) is 12.2. The fraction of sp³-hybridized carbons (Fsp3) is 0.130. The second kappa shape index (κ2) is 10.6. The monoisotopic (exact) mass is 516 g/mol. The second-order valence-corrected chi connectivity index (χ2v) is 7.40. The molecule has 6 nitrogen and oxygen atoms in total. The Hall–Kier alpha value is -3.07. The van der Waals surface area contributed by atoms with E-state index >= 15 is 0 Å². The predicted octanol–water partition coefficient (Wildman–Crippen LogP) is 4.65. The zero-order chi connectivity index (χ0) is 21.3. The summed E-state index contributed by atoms with van der Waals surface area (Å²) in [6, 6.07) is 20.5. The van der Waals surface area contributed by atoms with Crippen LogP contribution in [0.15, 0.2) is 71.8 Å². The van der Waals surface area contributed by atoms with E-state index in [4.69, 9.17) is 14.2 Å². The smallest absolute Gasteiger partial charge is 0.271 e. The number of hydrogen-bond donors (Lipinski definition) is 1. The number of hydrazone groups is 1. The minimum atomic E-state index is -0.324. The van der Waals surface area contributed by atoms with E-state index in [2.05, 4.69) is 33.1 Å². The maximum Gasteiger partial charge on any atom is 0.271 e. The molecule has 30 heavy (non-hydrogen) atoms. The summed E-state index contributed by atoms with van der Waals surface area (Å²) >= 11 is 2.19. The fourth-order valence-electron chi connectivity index (χ4n) is 2.68. The van der Waals surface area contributed by atoms with Crippen molar-refractivity contribution in [2.24, 2.45) is 5.10 Å². The first-order valence-corrected chi connectivity index (χ1v) is 10.2. The molecule has 3 aromatic rings. The van der Waals surface area contributed by atoms with Crippen LogP contribution in [0.5, 0.6) is 17.2 Å². The van der Waals surface area contributed by atoms with E-state index < -0.39 is 0 Å². The molecule has 3 rings (SSSR count). The van der Waals surface area contributed by atoms with E-state index in [1.807, 2.05) is 42.5 Å². The fourth-order valence-corrected chi connectivity index (χ4v) is 3.46. The highest BCUT2D eigenvalue weighted by atomic mass is 127. The second-order valence-electron chi connectivity index (χ2n) is 6.24. The van der Waals surface area contributed by atoms with Crippen LogP contribution in [0.25, 0.3) is 0 Å². The van der Waals surface area contributed by atoms with E-state index in [0.29, 0.717) is 29.4 Å². The van der Waals surface area contributed by atoms with Crippen LogP contribution < -0.4 is 19.6 Å². The molecule has 0 aliphatic rings. The van der Waals surface area contributed by atoms with Crippen LogP contribution in [0.4, 0.5) is 0 Å². The molecule has 3 aromatic carbocycles. The summed E-state index contributed by atoms with van der Waals surface area (Å²) < 4.78 is 17.5. The Morgan fingerprint density at radius 1 is 1.03 bits per heavy atom. The molecule has 0 saturated heterocycles. The first-order chi connectivity index (χ1) is 14.6. The number of rotatable bonds is 8. The number of nitrogens with one attached hydrogen (secondary N) is 1. The molecule has 154 valence electrons. The molecule has 1 amide bonds. The summed E-state index contributed by atoms with van der Waals surface area (Å²) in [5.74, 6) is 1.55. The van der Waals surface area contributed by atoms with Gasteiger partial charge in [0.2, 0.25) is 0 Å². The Kier molecular flexibility index (Phi) is 7.67. The van der Waals surface area contributed by atoms with Crippen LogP contribution in [0, 0.1) is 3.57 Å². The van der Waals surface area contributed by atoms with Crippen molar-refractivity contribution in [3.8, 4) is 17.2 Å². The maximum absolute atomic E-state index is 12.2. The van der Waals surface area contributed by atoms with Crippen molar-refractivity contribution in [3.05, 3.63) is 87.0 Å². The first-order valence-electron chi connectivity index (χ1n) is 9.12. The third-order valence-corrected chi connectivity index (χ3v) is 4.99. The molecule has 0 bridgehead atoms. The normalized spacial score (nSPS) is 10.6. The lowest BCUT2D eigenvalue weighted by molar-refractivity contribution is 0.0955. The van der Waals surface area contributed by atoms with E-state index in [0.717, 1.165) is 14.7 Å². The highest BCUT2D eigenvalue weighted by Crippen LogP contribution is 2.34. The van der Waals surface area contributed by atoms with E-state index in [9.17, 15) is 4.79 Å². The highest BCUT2D eigenvalue weighted by Gasteiger charge is 2.12. The molecule has 0 fully saturated rings. The van der Waals surface area contributed by atoms with Gasteiger partial charge in [0.25, 0.3) is 5.91 Å². The van der Waals surface area contributed by atoms with Crippen molar-refractivity contribution in [2.45, 2.75) is 6.61 Å². The van der Waals surface area contributed by atoms with E-state index in [-0.39, 0.29) is 5.91 Å². The molecule has 0 aromatic heterocycles. The first kappa shape index (κ1) is 21.6. The van der Waals surface area contributed by atoms with Crippen molar-refractivity contribution in [3.63, 3.8) is 0 Å². The van der Waals surface area contributed by atoms with Gasteiger partial charge in [-0.1, -0.05) is 36.4 Å². The Bertz CT molecular complexity index is 1040. The van der Waals surface area contributed by atoms with Gasteiger partial charge >= 0.3 is 0 Å². The van der Waals surface area contributed by atoms with Crippen molar-refractivity contribution in [2.75, 3.05) is 14.2 Å². The van der Waals surface area contributed by atoms with Gasteiger partial charge in [-0.15, -0.1) is 0 Å². The van der Waals surface area contributed by atoms with Gasteiger partial charge in [-0.25, -0.2) is 5.43 Å². The van der Waals surface area contributed by atoms with E-state index in [1.165, 1.54) is 0 Å². The Balaban J connectivity index is 1.68. The Morgan fingerprint density at radius 3 is 2.57 bits per heavy atom. The van der Waals surface area contributed by atoms with Gasteiger partial charge in [-0.2, -0.15) is 5.10 Å². The largest absolute Gasteiger partial charge is 0.497 e. The summed E-state index contributed by atoms with van der Waals surface area (Å²) in [6.07, 6.45) is 1.56. The van der Waals surface area contributed by atoms with Crippen molar-refractivity contribution in [1.82, 2.24) is 5.43 Å². The van der Waals surface area contributed by atoms with Gasteiger partial charge in [0.1, 0.15) is 12.4 Å². The minimum Gasteiger partial charge on any atom is -0.497 e. The summed E-state index contributed by atoms with van der Waals surface area (Å²) in [5, 5.41) is 4.05. The number of carbonyl (C=O) groups is 1. The number of carbonyl (C=O) groups excluding carboxylic acids is 1. The Morgan fingerprint density at radius 2 is 1.83 bits per heavy atom. The molecule has 0 unspecified atom stereocenters. The maximum atomic E-state index is 12.2. The number of methoxy groups -OCH3 is 2. The molecule has 0 radical (unpaired) electrons. The lowest BCUT2D eigenvalue weighted by Crippen LogP contribution is -2.17. The number of amides is 1. The highest BCUT2D eigenvalue weighted by molar-refractivity contribution is 14.1. The lowest BCUT2D eigenvalue weighted by atomic mass is 10.2. The molecular weight excluding hydrogens is 495 g/mol. The summed E-state index contributed by atoms with van der Waals surface area (Å²) in [6.45, 7) is 0.442. The van der Waals surface area contributed by atoms with Gasteiger partial charge < -0.3 is 14.2 Å². The molecular formula is C23H21IN2O4. The lowest BCUT2D eigenvalue weighted by Gasteiger charge is -2.13. The number of nitrogens with zero attached hydrogens (tertiary/aromatic N) is 1. The molecule has 1 N–H and O–H groups in total. The third kappa shape index (κ3) is 5.73. The zero-order valence-corrected chi connectivity index (χ0v) is 18.8. The number of ether oxygens (including phenoxy) is 3. The minimum absolute atomic E-state index is 0.324. The number of benzene rings is 3. The van der Waals surface area contributed by atoms with E-state index in [1.54, 1.807) is 44.7 Å². The van der Waals surface area contributed by atoms with Crippen LogP contribution in [0.3, 0.4) is 0 Å². The van der Waals surface area contributed by atoms with Crippen LogP contribution in [0.2, 0.25) is 0 Å². The molecule has 0 saturated carbocycles. The molecule has 0 atom stereocenters. The number of halogens is 1. The van der Waals surface area contributed by atoms with Crippen molar-refractivity contribution < 1.29 is 19.0 Å². The average Bonchev–Trinajstić information content (AvgIpc) is 2.78. The third-order valence-electron chi connectivity index (χ3n) is 4.19. The van der Waals surface area contributed by atoms with Gasteiger partial charge in [0.15, 0.2) is 11.5 Å². The van der Waals surface area contributed by atoms with Crippen molar-refractivity contribution in [1.29, 1.82) is 0 Å².